The summed E-state index contributed by atoms with van der Waals surface area (Å²) >= 11 is 3.88. The summed E-state index contributed by atoms with van der Waals surface area (Å²) in [6, 6.07) is 3.93. The summed E-state index contributed by atoms with van der Waals surface area (Å²) in [6.45, 7) is 2.14. The van der Waals surface area contributed by atoms with Crippen LogP contribution in [0.1, 0.15) is 12.5 Å². The maximum Gasteiger partial charge on any atom is 0.134 e. The van der Waals surface area contributed by atoms with E-state index in [9.17, 15) is 5.11 Å². The van der Waals surface area contributed by atoms with Gasteiger partial charge in [-0.1, -0.05) is 6.92 Å². The molecule has 2 rings (SSSR count). The molecule has 0 aliphatic rings. The number of aromatic hydroxyl groups is 1. The molecule has 1 nitrogen and oxygen atoms in total. The number of rotatable bonds is 1. The van der Waals surface area contributed by atoms with Crippen molar-refractivity contribution in [3.05, 3.63) is 26.6 Å². The van der Waals surface area contributed by atoms with Crippen molar-refractivity contribution < 1.29 is 5.11 Å². The Balaban J connectivity index is 2.88. The average molecular weight is 304 g/mol. The lowest BCUT2D eigenvalue weighted by molar-refractivity contribution is 0.482. The van der Waals surface area contributed by atoms with Gasteiger partial charge in [-0.2, -0.15) is 0 Å². The zero-order chi connectivity index (χ0) is 9.42. The van der Waals surface area contributed by atoms with Crippen LogP contribution in [-0.2, 0) is 6.42 Å². The molecule has 0 aliphatic carbocycles. The summed E-state index contributed by atoms with van der Waals surface area (Å²) in [7, 11) is 0. The molecule has 0 amide bonds. The van der Waals surface area contributed by atoms with Gasteiger partial charge in [-0.05, 0) is 52.1 Å². The third kappa shape index (κ3) is 1.44. The van der Waals surface area contributed by atoms with Gasteiger partial charge in [0, 0.05) is 8.96 Å². The Morgan fingerprint density at radius 3 is 3.00 bits per heavy atom. The molecule has 0 saturated carbocycles. The summed E-state index contributed by atoms with van der Waals surface area (Å²) in [4.78, 5) is 0. The van der Waals surface area contributed by atoms with Crippen molar-refractivity contribution in [3.63, 3.8) is 0 Å². The van der Waals surface area contributed by atoms with Crippen LogP contribution in [0.5, 0.6) is 5.75 Å². The average Bonchev–Trinajstić information content (AvgIpc) is 2.53. The van der Waals surface area contributed by atoms with Gasteiger partial charge in [0.25, 0.3) is 0 Å². The monoisotopic (exact) mass is 304 g/mol. The summed E-state index contributed by atoms with van der Waals surface area (Å²) in [5.41, 5.74) is 1.34. The summed E-state index contributed by atoms with van der Waals surface area (Å²) in [6.07, 6.45) is 1.02. The molecule has 1 aromatic carbocycles. The third-order valence-corrected chi connectivity index (χ3v) is 4.03. The van der Waals surface area contributed by atoms with Crippen LogP contribution in [-0.4, -0.2) is 5.11 Å². The second-order valence-corrected chi connectivity index (χ2v) is 4.95. The molecular weight excluding hydrogens is 295 g/mol. The maximum atomic E-state index is 9.67. The highest BCUT2D eigenvalue weighted by Crippen LogP contribution is 2.35. The molecule has 1 heterocycles. The molecule has 2 aromatic rings. The van der Waals surface area contributed by atoms with Crippen molar-refractivity contribution in [1.82, 2.24) is 0 Å². The summed E-state index contributed by atoms with van der Waals surface area (Å²) in [5, 5.41) is 12.9. The highest BCUT2D eigenvalue weighted by molar-refractivity contribution is 14.1. The summed E-state index contributed by atoms with van der Waals surface area (Å²) < 4.78 is 2.17. The lowest BCUT2D eigenvalue weighted by Gasteiger charge is -2.04. The van der Waals surface area contributed by atoms with E-state index < -0.39 is 0 Å². The highest BCUT2D eigenvalue weighted by atomic mass is 127. The van der Waals surface area contributed by atoms with Crippen LogP contribution in [0.4, 0.5) is 0 Å². The fourth-order valence-electron chi connectivity index (χ4n) is 1.51. The first kappa shape index (κ1) is 9.27. The van der Waals surface area contributed by atoms with E-state index in [2.05, 4.69) is 35.6 Å². The number of fused-ring (bicyclic) bond motifs is 1. The van der Waals surface area contributed by atoms with Crippen molar-refractivity contribution in [1.29, 1.82) is 0 Å². The van der Waals surface area contributed by atoms with Crippen LogP contribution < -0.4 is 0 Å². The Labute approximate surface area is 94.5 Å². The predicted octanol–water partition coefficient (Wildman–Crippen LogP) is 3.77. The van der Waals surface area contributed by atoms with Crippen LogP contribution in [0, 0.1) is 3.57 Å². The lowest BCUT2D eigenvalue weighted by atomic mass is 10.1. The van der Waals surface area contributed by atoms with Gasteiger partial charge in [0.05, 0.1) is 4.70 Å². The zero-order valence-corrected chi connectivity index (χ0v) is 10.1. The molecule has 0 fully saturated rings. The molecule has 0 radical (unpaired) electrons. The third-order valence-electron chi connectivity index (χ3n) is 2.13. The predicted molar refractivity (Wildman–Crippen MR) is 65.6 cm³/mol. The van der Waals surface area contributed by atoms with Gasteiger partial charge < -0.3 is 5.11 Å². The first-order chi connectivity index (χ1) is 6.24. The van der Waals surface area contributed by atoms with E-state index in [0.717, 1.165) is 14.7 Å². The van der Waals surface area contributed by atoms with Gasteiger partial charge in [-0.15, -0.1) is 11.3 Å². The molecule has 0 spiro atoms. The van der Waals surface area contributed by atoms with E-state index >= 15 is 0 Å². The van der Waals surface area contributed by atoms with Crippen LogP contribution in [0.15, 0.2) is 17.5 Å². The molecule has 3 heteroatoms. The molecule has 68 valence electrons. The number of hydrogen-bond donors (Lipinski definition) is 1. The van der Waals surface area contributed by atoms with Crippen molar-refractivity contribution in [2.45, 2.75) is 13.3 Å². The number of phenols is 1. The molecular formula is C10H9IOS. The quantitative estimate of drug-likeness (QED) is 0.795. The van der Waals surface area contributed by atoms with Crippen molar-refractivity contribution in [2.75, 3.05) is 0 Å². The standard InChI is InChI=1S/C10H9IOS/c1-2-6-7-3-4-13-10(7)9(12)5-8(6)11/h3-5,12H,2H2,1H3. The molecule has 0 aliphatic heterocycles. The van der Waals surface area contributed by atoms with Crippen LogP contribution >= 0.6 is 33.9 Å². The number of halogens is 1. The number of hydrogen-bond acceptors (Lipinski definition) is 2. The fourth-order valence-corrected chi connectivity index (χ4v) is 3.31. The minimum absolute atomic E-state index is 0.409. The van der Waals surface area contributed by atoms with E-state index in [-0.39, 0.29) is 0 Å². The van der Waals surface area contributed by atoms with Gasteiger partial charge in [0.2, 0.25) is 0 Å². The molecule has 0 unspecified atom stereocenters. The Morgan fingerprint density at radius 1 is 1.54 bits per heavy atom. The van der Waals surface area contributed by atoms with E-state index in [1.165, 1.54) is 10.9 Å². The Hall–Kier alpha value is -0.290. The Morgan fingerprint density at radius 2 is 2.31 bits per heavy atom. The van der Waals surface area contributed by atoms with Crippen molar-refractivity contribution in [2.24, 2.45) is 0 Å². The van der Waals surface area contributed by atoms with Gasteiger partial charge in [0.1, 0.15) is 5.75 Å². The second-order valence-electron chi connectivity index (χ2n) is 2.87. The smallest absolute Gasteiger partial charge is 0.134 e. The molecule has 1 N–H and O–H groups in total. The lowest BCUT2D eigenvalue weighted by Crippen LogP contribution is -1.86. The minimum Gasteiger partial charge on any atom is -0.506 e. The molecule has 0 bridgehead atoms. The number of thiophene rings is 1. The van der Waals surface area contributed by atoms with Gasteiger partial charge >= 0.3 is 0 Å². The molecule has 0 atom stereocenters. The first-order valence-corrected chi connectivity index (χ1v) is 6.07. The molecule has 13 heavy (non-hydrogen) atoms. The van der Waals surface area contributed by atoms with Crippen LogP contribution in [0.3, 0.4) is 0 Å². The topological polar surface area (TPSA) is 20.2 Å². The highest BCUT2D eigenvalue weighted by Gasteiger charge is 2.09. The largest absolute Gasteiger partial charge is 0.506 e. The second kappa shape index (κ2) is 3.46. The van der Waals surface area contributed by atoms with Gasteiger partial charge in [-0.25, -0.2) is 0 Å². The minimum atomic E-state index is 0.409. The molecule has 1 aromatic heterocycles. The van der Waals surface area contributed by atoms with E-state index in [1.54, 1.807) is 11.3 Å². The number of benzene rings is 1. The summed E-state index contributed by atoms with van der Waals surface area (Å²) in [5.74, 6) is 0.409. The van der Waals surface area contributed by atoms with Crippen molar-refractivity contribution in [3.8, 4) is 5.75 Å². The van der Waals surface area contributed by atoms with E-state index in [4.69, 9.17) is 0 Å². The zero-order valence-electron chi connectivity index (χ0n) is 7.17. The normalized spacial score (nSPS) is 10.9. The van der Waals surface area contributed by atoms with Gasteiger partial charge in [-0.3, -0.25) is 0 Å². The number of aryl methyl sites for hydroxylation is 1. The van der Waals surface area contributed by atoms with Crippen LogP contribution in [0.25, 0.3) is 10.1 Å². The fraction of sp³-hybridized carbons (Fsp3) is 0.200. The first-order valence-electron chi connectivity index (χ1n) is 4.11. The number of phenolic OH excluding ortho intramolecular Hbond substituents is 1. The molecule has 0 saturated heterocycles. The Bertz CT molecular complexity index is 447. The SMILES string of the molecule is CCc1c(I)cc(O)c2sccc12. The van der Waals surface area contributed by atoms with E-state index in [1.807, 2.05) is 11.4 Å². The Kier molecular flexibility index (Phi) is 2.47. The van der Waals surface area contributed by atoms with Crippen molar-refractivity contribution >= 4 is 44.0 Å². The maximum absolute atomic E-state index is 9.67. The van der Waals surface area contributed by atoms with E-state index in [0.29, 0.717) is 5.75 Å². The van der Waals surface area contributed by atoms with Gasteiger partial charge in [0.15, 0.2) is 0 Å². The van der Waals surface area contributed by atoms with Crippen LogP contribution in [0.2, 0.25) is 0 Å².